The third-order valence-corrected chi connectivity index (χ3v) is 7.98. The van der Waals surface area contributed by atoms with Gasteiger partial charge in [-0.25, -0.2) is 4.98 Å². The summed E-state index contributed by atoms with van der Waals surface area (Å²) >= 11 is 5.35. The van der Waals surface area contributed by atoms with E-state index in [4.69, 9.17) is 4.98 Å². The van der Waals surface area contributed by atoms with Gasteiger partial charge in [-0.1, -0.05) is 46.3 Å². The topological polar surface area (TPSA) is 24.9 Å². The van der Waals surface area contributed by atoms with Crippen molar-refractivity contribution in [2.75, 3.05) is 5.32 Å². The molecule has 0 fully saturated rings. The molecule has 2 aliphatic rings. The van der Waals surface area contributed by atoms with Gasteiger partial charge in [0.2, 0.25) is 0 Å². The fourth-order valence-electron chi connectivity index (χ4n) is 4.88. The van der Waals surface area contributed by atoms with Gasteiger partial charge < -0.3 is 5.32 Å². The molecule has 0 saturated heterocycles. The van der Waals surface area contributed by atoms with E-state index in [-0.39, 0.29) is 0 Å². The van der Waals surface area contributed by atoms with Gasteiger partial charge in [0, 0.05) is 21.6 Å². The second-order valence-electron chi connectivity index (χ2n) is 8.32. The lowest BCUT2D eigenvalue weighted by Crippen LogP contribution is -2.29. The SMILES string of the molecule is Cc1ccc2nc(-c3ccc4c(c3)[C@@H]3C=CC[C@@H]3[C@H](c3ccc(Br)cc3)N4)sc2c1. The van der Waals surface area contributed by atoms with E-state index in [1.165, 1.54) is 32.6 Å². The van der Waals surface area contributed by atoms with Gasteiger partial charge in [-0.15, -0.1) is 11.3 Å². The Morgan fingerprint density at radius 1 is 1.03 bits per heavy atom. The number of anilines is 1. The maximum atomic E-state index is 4.90. The van der Waals surface area contributed by atoms with E-state index in [0.717, 1.165) is 21.4 Å². The number of allylic oxidation sites excluding steroid dienone is 2. The second kappa shape index (κ2) is 7.07. The van der Waals surface area contributed by atoms with Crippen LogP contribution in [0.5, 0.6) is 0 Å². The summed E-state index contributed by atoms with van der Waals surface area (Å²) < 4.78 is 2.38. The summed E-state index contributed by atoms with van der Waals surface area (Å²) in [7, 11) is 0. The van der Waals surface area contributed by atoms with Gasteiger partial charge in [0.25, 0.3) is 0 Å². The third-order valence-electron chi connectivity index (χ3n) is 6.38. The first-order valence-electron chi connectivity index (χ1n) is 10.4. The highest BCUT2D eigenvalue weighted by Gasteiger charge is 2.38. The molecule has 1 aromatic heterocycles. The Bertz CT molecular complexity index is 1290. The van der Waals surface area contributed by atoms with Crippen molar-refractivity contribution < 1.29 is 0 Å². The summed E-state index contributed by atoms with van der Waals surface area (Å²) in [6.07, 6.45) is 5.87. The van der Waals surface area contributed by atoms with Crippen molar-refractivity contribution >= 4 is 43.2 Å². The van der Waals surface area contributed by atoms with Crippen LogP contribution in [0.25, 0.3) is 20.8 Å². The van der Waals surface area contributed by atoms with Crippen LogP contribution in [-0.4, -0.2) is 4.98 Å². The Balaban J connectivity index is 1.41. The van der Waals surface area contributed by atoms with Gasteiger partial charge in [-0.2, -0.15) is 0 Å². The lowest BCUT2D eigenvalue weighted by atomic mass is 9.76. The van der Waals surface area contributed by atoms with Crippen molar-refractivity contribution in [1.82, 2.24) is 4.98 Å². The number of fused-ring (bicyclic) bond motifs is 4. The van der Waals surface area contributed by atoms with Crippen molar-refractivity contribution in [3.63, 3.8) is 0 Å². The van der Waals surface area contributed by atoms with E-state index >= 15 is 0 Å². The van der Waals surface area contributed by atoms with E-state index in [9.17, 15) is 0 Å². The standard InChI is InChI=1S/C26H21BrN2S/c1-15-5-11-23-24(13-15)30-26(29-23)17-8-12-22-21(14-17)19-3-2-4-20(19)25(28-22)16-6-9-18(27)10-7-16/h2-3,5-14,19-20,25,28H,4H2,1H3/t19-,20+,25+/m1/s1. The molecule has 4 heteroatoms. The number of aromatic nitrogens is 1. The van der Waals surface area contributed by atoms with Crippen molar-refractivity contribution in [3.8, 4) is 10.6 Å². The summed E-state index contributed by atoms with van der Waals surface area (Å²) in [4.78, 5) is 4.90. The zero-order valence-electron chi connectivity index (χ0n) is 16.6. The highest BCUT2D eigenvalue weighted by atomic mass is 79.9. The molecule has 3 aromatic carbocycles. The van der Waals surface area contributed by atoms with Gasteiger partial charge in [0.15, 0.2) is 0 Å². The van der Waals surface area contributed by atoms with Crippen LogP contribution < -0.4 is 5.32 Å². The average Bonchev–Trinajstić information content (AvgIpc) is 3.40. The molecule has 30 heavy (non-hydrogen) atoms. The minimum atomic E-state index is 0.335. The van der Waals surface area contributed by atoms with Crippen LogP contribution in [0, 0.1) is 12.8 Å². The first kappa shape index (κ1) is 18.3. The van der Waals surface area contributed by atoms with Crippen LogP contribution in [0.3, 0.4) is 0 Å². The molecule has 0 saturated carbocycles. The highest BCUT2D eigenvalue weighted by molar-refractivity contribution is 9.10. The molecule has 4 aromatic rings. The van der Waals surface area contributed by atoms with E-state index in [2.05, 4.69) is 101 Å². The van der Waals surface area contributed by atoms with Crippen LogP contribution in [0.15, 0.2) is 77.3 Å². The summed E-state index contributed by atoms with van der Waals surface area (Å²) in [5.74, 6) is 0.999. The number of halogens is 1. The Labute approximate surface area is 188 Å². The maximum Gasteiger partial charge on any atom is 0.124 e. The number of hydrogen-bond donors (Lipinski definition) is 1. The Kier molecular flexibility index (Phi) is 4.32. The van der Waals surface area contributed by atoms with Gasteiger partial charge in [-0.3, -0.25) is 0 Å². The van der Waals surface area contributed by atoms with E-state index in [1.807, 2.05) is 0 Å². The van der Waals surface area contributed by atoms with E-state index < -0.39 is 0 Å². The molecule has 1 N–H and O–H groups in total. The molecular weight excluding hydrogens is 452 g/mol. The van der Waals surface area contributed by atoms with Crippen LogP contribution >= 0.6 is 27.3 Å². The summed E-state index contributed by atoms with van der Waals surface area (Å²) in [5.41, 5.74) is 7.59. The molecule has 6 rings (SSSR count). The minimum absolute atomic E-state index is 0.335. The van der Waals surface area contributed by atoms with E-state index in [0.29, 0.717) is 17.9 Å². The molecule has 1 aliphatic carbocycles. The predicted molar refractivity (Wildman–Crippen MR) is 130 cm³/mol. The minimum Gasteiger partial charge on any atom is -0.378 e. The Morgan fingerprint density at radius 3 is 2.77 bits per heavy atom. The summed E-state index contributed by atoms with van der Waals surface area (Å²) in [6, 6.07) is 22.4. The van der Waals surface area contributed by atoms with Gasteiger partial charge in [0.1, 0.15) is 5.01 Å². The number of thiazole rings is 1. The van der Waals surface area contributed by atoms with Crippen LogP contribution in [0.1, 0.15) is 35.1 Å². The van der Waals surface area contributed by atoms with Crippen LogP contribution in [0.2, 0.25) is 0 Å². The third kappa shape index (κ3) is 3.01. The van der Waals surface area contributed by atoms with Crippen molar-refractivity contribution in [3.05, 3.63) is 94.0 Å². The average molecular weight is 473 g/mol. The predicted octanol–water partition coefficient (Wildman–Crippen LogP) is 7.86. The Morgan fingerprint density at radius 2 is 1.90 bits per heavy atom. The van der Waals surface area contributed by atoms with Crippen molar-refractivity contribution in [2.24, 2.45) is 5.92 Å². The Hall–Kier alpha value is -2.43. The first-order chi connectivity index (χ1) is 14.7. The lowest BCUT2D eigenvalue weighted by Gasteiger charge is -2.37. The molecule has 0 amide bonds. The molecular formula is C26H21BrN2S. The molecule has 148 valence electrons. The van der Waals surface area contributed by atoms with E-state index in [1.54, 1.807) is 11.3 Å². The fraction of sp³-hybridized carbons (Fsp3) is 0.192. The monoisotopic (exact) mass is 472 g/mol. The summed E-state index contributed by atoms with van der Waals surface area (Å²) in [5, 5.41) is 4.95. The second-order valence-corrected chi connectivity index (χ2v) is 10.3. The number of benzene rings is 3. The number of aryl methyl sites for hydroxylation is 1. The zero-order chi connectivity index (χ0) is 20.2. The fourth-order valence-corrected chi connectivity index (χ4v) is 6.21. The molecule has 0 radical (unpaired) electrons. The van der Waals surface area contributed by atoms with Crippen molar-refractivity contribution in [1.29, 1.82) is 0 Å². The molecule has 2 nitrogen and oxygen atoms in total. The normalized spacial score (nSPS) is 22.0. The molecule has 2 heterocycles. The molecule has 3 atom stereocenters. The maximum absolute atomic E-state index is 4.90. The molecule has 0 bridgehead atoms. The molecule has 1 aliphatic heterocycles. The quantitative estimate of drug-likeness (QED) is 0.300. The van der Waals surface area contributed by atoms with Crippen LogP contribution in [-0.2, 0) is 0 Å². The molecule has 0 unspecified atom stereocenters. The number of nitrogens with one attached hydrogen (secondary N) is 1. The smallest absolute Gasteiger partial charge is 0.124 e. The van der Waals surface area contributed by atoms with Crippen molar-refractivity contribution in [2.45, 2.75) is 25.3 Å². The molecule has 0 spiro atoms. The number of nitrogens with zero attached hydrogens (tertiary/aromatic N) is 1. The highest BCUT2D eigenvalue weighted by Crippen LogP contribution is 2.50. The number of hydrogen-bond acceptors (Lipinski definition) is 3. The first-order valence-corrected chi connectivity index (χ1v) is 12.0. The number of rotatable bonds is 2. The summed E-state index contributed by atoms with van der Waals surface area (Å²) in [6.45, 7) is 2.14. The zero-order valence-corrected chi connectivity index (χ0v) is 19.0. The lowest BCUT2D eigenvalue weighted by molar-refractivity contribution is 0.425. The van der Waals surface area contributed by atoms with Gasteiger partial charge in [0.05, 0.1) is 16.3 Å². The largest absolute Gasteiger partial charge is 0.378 e. The van der Waals surface area contributed by atoms with Gasteiger partial charge in [-0.05, 0) is 78.4 Å². The van der Waals surface area contributed by atoms with Gasteiger partial charge >= 0.3 is 0 Å². The van der Waals surface area contributed by atoms with Crippen LogP contribution in [0.4, 0.5) is 5.69 Å².